The van der Waals surface area contributed by atoms with Crippen LogP contribution in [0.3, 0.4) is 0 Å². The third-order valence-corrected chi connectivity index (χ3v) is 6.18. The van der Waals surface area contributed by atoms with Crippen molar-refractivity contribution in [1.82, 2.24) is 0 Å². The van der Waals surface area contributed by atoms with Gasteiger partial charge in [-0.1, -0.05) is 60.7 Å². The number of carbonyl (C=O) groups is 3. The summed E-state index contributed by atoms with van der Waals surface area (Å²) in [5, 5.41) is 2.91. The number of methoxy groups -OCH3 is 2. The molecule has 7 heteroatoms. The molecule has 0 aromatic heterocycles. The average Bonchev–Trinajstić information content (AvgIpc) is 2.98. The van der Waals surface area contributed by atoms with Gasteiger partial charge in [0.15, 0.2) is 0 Å². The zero-order chi connectivity index (χ0) is 27.6. The van der Waals surface area contributed by atoms with Crippen molar-refractivity contribution in [3.63, 3.8) is 0 Å². The van der Waals surface area contributed by atoms with Crippen molar-refractivity contribution in [3.8, 4) is 11.5 Å². The molecule has 0 aliphatic carbocycles. The molecule has 0 aliphatic heterocycles. The summed E-state index contributed by atoms with van der Waals surface area (Å²) < 4.78 is 15.5. The van der Waals surface area contributed by atoms with E-state index in [0.717, 1.165) is 16.9 Å². The first-order valence-corrected chi connectivity index (χ1v) is 12.4. The summed E-state index contributed by atoms with van der Waals surface area (Å²) in [6.07, 6.45) is 0.996. The molecule has 1 N–H and O–H groups in total. The molecule has 0 saturated heterocycles. The second-order valence-corrected chi connectivity index (χ2v) is 8.88. The van der Waals surface area contributed by atoms with Gasteiger partial charge in [0.2, 0.25) is 5.91 Å². The van der Waals surface area contributed by atoms with E-state index in [4.69, 9.17) is 14.2 Å². The van der Waals surface area contributed by atoms with Gasteiger partial charge in [-0.15, -0.1) is 0 Å². The number of esters is 2. The van der Waals surface area contributed by atoms with Gasteiger partial charge >= 0.3 is 11.9 Å². The Bertz CT molecular complexity index is 1420. The third kappa shape index (κ3) is 7.32. The van der Waals surface area contributed by atoms with Crippen molar-refractivity contribution in [1.29, 1.82) is 0 Å². The Balaban J connectivity index is 1.54. The second-order valence-electron chi connectivity index (χ2n) is 8.88. The molecule has 0 heterocycles. The minimum absolute atomic E-state index is 0.00997. The molecule has 4 aromatic rings. The van der Waals surface area contributed by atoms with Gasteiger partial charge in [0.05, 0.1) is 25.3 Å². The molecule has 7 nitrogen and oxygen atoms in total. The number of hydrogen-bond acceptors (Lipinski definition) is 6. The first-order chi connectivity index (χ1) is 19.0. The molecular formula is C32H29NO6. The van der Waals surface area contributed by atoms with Gasteiger partial charge in [0.1, 0.15) is 11.5 Å². The van der Waals surface area contributed by atoms with Crippen LogP contribution in [0.5, 0.6) is 11.5 Å². The van der Waals surface area contributed by atoms with E-state index < -0.39 is 17.9 Å². The lowest BCUT2D eigenvalue weighted by molar-refractivity contribution is -0.119. The molecule has 1 atom stereocenters. The van der Waals surface area contributed by atoms with Crippen molar-refractivity contribution < 1.29 is 28.6 Å². The number of nitrogens with one attached hydrogen (secondary N) is 1. The number of amides is 1. The molecule has 198 valence electrons. The SMILES string of the molecule is COC(=O)c1ccc(NC(=O)C(Cc2ccccc2)Cc2ccc(Oc3ccccc3)cc2)cc1C(=O)OC. The van der Waals surface area contributed by atoms with E-state index >= 15 is 0 Å². The number of para-hydroxylation sites is 1. The maximum absolute atomic E-state index is 13.5. The number of hydrogen-bond donors (Lipinski definition) is 1. The van der Waals surface area contributed by atoms with Gasteiger partial charge in [-0.05, 0) is 66.4 Å². The highest BCUT2D eigenvalue weighted by atomic mass is 16.5. The van der Waals surface area contributed by atoms with Crippen molar-refractivity contribution in [2.45, 2.75) is 12.8 Å². The van der Waals surface area contributed by atoms with Crippen LogP contribution < -0.4 is 10.1 Å². The van der Waals surface area contributed by atoms with Crippen LogP contribution in [-0.2, 0) is 27.1 Å². The Morgan fingerprint density at radius 2 is 1.18 bits per heavy atom. The lowest BCUT2D eigenvalue weighted by Crippen LogP contribution is -2.27. The van der Waals surface area contributed by atoms with E-state index in [-0.39, 0.29) is 17.0 Å². The summed E-state index contributed by atoms with van der Waals surface area (Å²) in [5.74, 6) is -0.550. The van der Waals surface area contributed by atoms with Crippen LogP contribution in [0.15, 0.2) is 103 Å². The molecule has 4 rings (SSSR count). The second kappa shape index (κ2) is 13.1. The standard InChI is InChI=1S/C32H29NO6/c1-37-31(35)28-18-15-25(21-29(28)32(36)38-2)33-30(34)24(19-22-9-5-3-6-10-22)20-23-13-16-27(17-14-23)39-26-11-7-4-8-12-26/h3-18,21,24H,19-20H2,1-2H3,(H,33,34). The zero-order valence-electron chi connectivity index (χ0n) is 21.8. The lowest BCUT2D eigenvalue weighted by Gasteiger charge is -2.18. The Morgan fingerprint density at radius 1 is 0.641 bits per heavy atom. The van der Waals surface area contributed by atoms with Crippen molar-refractivity contribution in [2.24, 2.45) is 5.92 Å². The molecule has 0 spiro atoms. The largest absolute Gasteiger partial charge is 0.465 e. The number of anilines is 1. The summed E-state index contributed by atoms with van der Waals surface area (Å²) in [4.78, 5) is 37.9. The molecular weight excluding hydrogens is 494 g/mol. The van der Waals surface area contributed by atoms with Gasteiger partial charge < -0.3 is 19.5 Å². The number of ether oxygens (including phenoxy) is 3. The fourth-order valence-corrected chi connectivity index (χ4v) is 4.19. The van der Waals surface area contributed by atoms with Crippen molar-refractivity contribution >= 4 is 23.5 Å². The van der Waals surface area contributed by atoms with Crippen LogP contribution in [0.2, 0.25) is 0 Å². The van der Waals surface area contributed by atoms with Crippen LogP contribution in [-0.4, -0.2) is 32.1 Å². The quantitative estimate of drug-likeness (QED) is 0.253. The predicted molar refractivity (Wildman–Crippen MR) is 148 cm³/mol. The van der Waals surface area contributed by atoms with E-state index in [0.29, 0.717) is 24.3 Å². The smallest absolute Gasteiger partial charge is 0.338 e. The molecule has 39 heavy (non-hydrogen) atoms. The fourth-order valence-electron chi connectivity index (χ4n) is 4.19. The fraction of sp³-hybridized carbons (Fsp3) is 0.156. The van der Waals surface area contributed by atoms with Crippen molar-refractivity contribution in [2.75, 3.05) is 19.5 Å². The summed E-state index contributed by atoms with van der Waals surface area (Å²) in [6, 6.07) is 31.4. The van der Waals surface area contributed by atoms with E-state index in [1.54, 1.807) is 6.07 Å². The number of benzene rings is 4. The monoisotopic (exact) mass is 523 g/mol. The van der Waals surface area contributed by atoms with E-state index in [2.05, 4.69) is 5.32 Å². The van der Waals surface area contributed by atoms with Crippen molar-refractivity contribution in [3.05, 3.63) is 125 Å². The summed E-state index contributed by atoms with van der Waals surface area (Å²) >= 11 is 0. The van der Waals surface area contributed by atoms with E-state index in [1.807, 2.05) is 84.9 Å². The van der Waals surface area contributed by atoms with E-state index in [1.165, 1.54) is 26.4 Å². The van der Waals surface area contributed by atoms with Crippen LogP contribution in [0.1, 0.15) is 31.8 Å². The minimum atomic E-state index is -0.704. The Labute approximate surface area is 227 Å². The number of carbonyl (C=O) groups excluding carboxylic acids is 3. The van der Waals surface area contributed by atoms with Crippen LogP contribution in [0.25, 0.3) is 0 Å². The molecule has 4 aromatic carbocycles. The molecule has 0 radical (unpaired) electrons. The zero-order valence-corrected chi connectivity index (χ0v) is 21.8. The molecule has 0 aliphatic rings. The highest BCUT2D eigenvalue weighted by Gasteiger charge is 2.23. The Kier molecular flexibility index (Phi) is 9.08. The predicted octanol–water partition coefficient (Wildman–Crippen LogP) is 6.09. The van der Waals surface area contributed by atoms with Gasteiger partial charge in [-0.25, -0.2) is 9.59 Å². The summed E-state index contributed by atoms with van der Waals surface area (Å²) in [6.45, 7) is 0. The minimum Gasteiger partial charge on any atom is -0.465 e. The highest BCUT2D eigenvalue weighted by molar-refractivity contribution is 6.04. The molecule has 0 bridgehead atoms. The highest BCUT2D eigenvalue weighted by Crippen LogP contribution is 2.24. The normalized spacial score (nSPS) is 11.2. The van der Waals surface area contributed by atoms with Crippen LogP contribution in [0, 0.1) is 5.92 Å². The van der Waals surface area contributed by atoms with E-state index in [9.17, 15) is 14.4 Å². The third-order valence-electron chi connectivity index (χ3n) is 6.18. The van der Waals surface area contributed by atoms with Crippen LogP contribution >= 0.6 is 0 Å². The summed E-state index contributed by atoms with van der Waals surface area (Å²) in [5.41, 5.74) is 2.44. The van der Waals surface area contributed by atoms with Gasteiger partial charge in [-0.3, -0.25) is 4.79 Å². The molecule has 0 fully saturated rings. The van der Waals surface area contributed by atoms with Gasteiger partial charge in [-0.2, -0.15) is 0 Å². The lowest BCUT2D eigenvalue weighted by atomic mass is 9.91. The molecule has 1 unspecified atom stereocenters. The summed E-state index contributed by atoms with van der Waals surface area (Å²) in [7, 11) is 2.45. The first-order valence-electron chi connectivity index (χ1n) is 12.4. The Morgan fingerprint density at radius 3 is 1.79 bits per heavy atom. The number of rotatable bonds is 10. The first kappa shape index (κ1) is 27.1. The van der Waals surface area contributed by atoms with Gasteiger partial charge in [0.25, 0.3) is 0 Å². The maximum Gasteiger partial charge on any atom is 0.338 e. The average molecular weight is 524 g/mol. The molecule has 0 saturated carbocycles. The van der Waals surface area contributed by atoms with Crippen LogP contribution in [0.4, 0.5) is 5.69 Å². The van der Waals surface area contributed by atoms with Gasteiger partial charge in [0, 0.05) is 11.6 Å². The molecule has 1 amide bonds. The maximum atomic E-state index is 13.5. The Hall–Kier alpha value is -4.91. The topological polar surface area (TPSA) is 90.9 Å².